The molecule has 0 fully saturated rings. The Balaban J connectivity index is 1.88. The lowest BCUT2D eigenvalue weighted by Crippen LogP contribution is -2.30. The number of anilines is 1. The molecule has 0 saturated carbocycles. The molecule has 0 bridgehead atoms. The second-order valence-electron chi connectivity index (χ2n) is 5.80. The van der Waals surface area contributed by atoms with Crippen LogP contribution in [0.2, 0.25) is 0 Å². The third kappa shape index (κ3) is 5.56. The summed E-state index contributed by atoms with van der Waals surface area (Å²) in [6, 6.07) is 8.62. The molecule has 0 heterocycles. The van der Waals surface area contributed by atoms with Crippen molar-refractivity contribution in [3.8, 4) is 0 Å². The molecule has 0 aliphatic heterocycles. The first-order valence-electron chi connectivity index (χ1n) is 7.91. The number of hydrogen-bond acceptors (Lipinski definition) is 4. The Bertz CT molecular complexity index is 826. The number of rotatable bonds is 6. The van der Waals surface area contributed by atoms with Crippen LogP contribution in [0.15, 0.2) is 41.3 Å². The molecular weight excluding hydrogens is 360 g/mol. The van der Waals surface area contributed by atoms with Gasteiger partial charge in [-0.3, -0.25) is 9.59 Å². The highest BCUT2D eigenvalue weighted by Crippen LogP contribution is 2.23. The van der Waals surface area contributed by atoms with Gasteiger partial charge in [0.1, 0.15) is 11.6 Å². The maximum atomic E-state index is 13.5. The van der Waals surface area contributed by atoms with E-state index < -0.39 is 29.6 Å². The number of esters is 1. The summed E-state index contributed by atoms with van der Waals surface area (Å²) in [5.74, 6) is -2.61. The quantitative estimate of drug-likeness (QED) is 0.602. The molecular formula is C19H19F2NO3S. The van der Waals surface area contributed by atoms with Gasteiger partial charge in [0.05, 0.1) is 5.75 Å². The van der Waals surface area contributed by atoms with Gasteiger partial charge in [0.15, 0.2) is 6.10 Å². The minimum Gasteiger partial charge on any atom is -0.452 e. The zero-order chi connectivity index (χ0) is 19.3. The Morgan fingerprint density at radius 3 is 2.62 bits per heavy atom. The van der Waals surface area contributed by atoms with Gasteiger partial charge >= 0.3 is 5.97 Å². The van der Waals surface area contributed by atoms with Gasteiger partial charge in [-0.2, -0.15) is 0 Å². The number of aryl methyl sites for hydroxylation is 2. The minimum atomic E-state index is -1.01. The van der Waals surface area contributed by atoms with Gasteiger partial charge in [-0.05, 0) is 56.2 Å². The number of nitrogens with one attached hydrogen (secondary N) is 1. The number of benzene rings is 2. The predicted octanol–water partition coefficient (Wildman–Crippen LogP) is 4.24. The van der Waals surface area contributed by atoms with Gasteiger partial charge in [0.25, 0.3) is 5.91 Å². The molecule has 0 aliphatic rings. The van der Waals surface area contributed by atoms with Crippen LogP contribution in [-0.4, -0.2) is 23.7 Å². The highest BCUT2D eigenvalue weighted by Gasteiger charge is 2.19. The van der Waals surface area contributed by atoms with E-state index in [0.717, 1.165) is 41.1 Å². The molecule has 0 aliphatic carbocycles. The molecule has 0 radical (unpaired) electrons. The standard InChI is InChI=1S/C19H19F2NO3S/c1-11-4-5-12(2)16(8-11)22-19(24)13(3)25-18(23)10-26-17-9-14(20)6-7-15(17)21/h4-9,13H,10H2,1-3H3,(H,22,24)/t13-/m0/s1. The smallest absolute Gasteiger partial charge is 0.317 e. The summed E-state index contributed by atoms with van der Waals surface area (Å²) in [5.41, 5.74) is 2.53. The van der Waals surface area contributed by atoms with Crippen LogP contribution in [0.4, 0.5) is 14.5 Å². The fourth-order valence-electron chi connectivity index (χ4n) is 2.11. The van der Waals surface area contributed by atoms with Crippen molar-refractivity contribution in [1.29, 1.82) is 0 Å². The van der Waals surface area contributed by atoms with Crippen LogP contribution in [-0.2, 0) is 14.3 Å². The highest BCUT2D eigenvalue weighted by atomic mass is 32.2. The Kier molecular flexibility index (Phi) is 6.74. The lowest BCUT2D eigenvalue weighted by atomic mass is 10.1. The molecule has 1 N–H and O–H groups in total. The highest BCUT2D eigenvalue weighted by molar-refractivity contribution is 8.00. The third-order valence-electron chi connectivity index (χ3n) is 3.57. The van der Waals surface area contributed by atoms with Crippen molar-refractivity contribution in [2.45, 2.75) is 31.8 Å². The van der Waals surface area contributed by atoms with Crippen LogP contribution in [0.5, 0.6) is 0 Å². The second-order valence-corrected chi connectivity index (χ2v) is 6.82. The first-order valence-corrected chi connectivity index (χ1v) is 8.90. The van der Waals surface area contributed by atoms with E-state index in [1.165, 1.54) is 6.92 Å². The number of carbonyl (C=O) groups excluding carboxylic acids is 2. The summed E-state index contributed by atoms with van der Waals surface area (Å²) in [7, 11) is 0. The van der Waals surface area contributed by atoms with Gasteiger partial charge in [0.2, 0.25) is 0 Å². The molecule has 2 aromatic rings. The van der Waals surface area contributed by atoms with Gasteiger partial charge in [-0.25, -0.2) is 8.78 Å². The van der Waals surface area contributed by atoms with Crippen molar-refractivity contribution in [2.24, 2.45) is 0 Å². The van der Waals surface area contributed by atoms with E-state index in [0.29, 0.717) is 5.69 Å². The Morgan fingerprint density at radius 1 is 1.15 bits per heavy atom. The zero-order valence-corrected chi connectivity index (χ0v) is 15.5. The number of carbonyl (C=O) groups is 2. The van der Waals surface area contributed by atoms with Crippen molar-refractivity contribution in [3.05, 3.63) is 59.2 Å². The van der Waals surface area contributed by atoms with Crippen LogP contribution in [0.25, 0.3) is 0 Å². The molecule has 1 atom stereocenters. The van der Waals surface area contributed by atoms with Crippen LogP contribution in [0.1, 0.15) is 18.1 Å². The first-order chi connectivity index (χ1) is 12.3. The lowest BCUT2D eigenvalue weighted by Gasteiger charge is -2.15. The van der Waals surface area contributed by atoms with E-state index in [-0.39, 0.29) is 10.6 Å². The van der Waals surface area contributed by atoms with Crippen LogP contribution >= 0.6 is 11.8 Å². The molecule has 2 rings (SSSR count). The average Bonchev–Trinajstić information content (AvgIpc) is 2.58. The Morgan fingerprint density at radius 2 is 1.88 bits per heavy atom. The van der Waals surface area contributed by atoms with Gasteiger partial charge in [0, 0.05) is 10.6 Å². The van der Waals surface area contributed by atoms with Gasteiger partial charge in [-0.1, -0.05) is 12.1 Å². The lowest BCUT2D eigenvalue weighted by molar-refractivity contribution is -0.150. The van der Waals surface area contributed by atoms with E-state index in [4.69, 9.17) is 4.74 Å². The molecule has 0 unspecified atom stereocenters. The van der Waals surface area contributed by atoms with E-state index in [9.17, 15) is 18.4 Å². The van der Waals surface area contributed by atoms with E-state index >= 15 is 0 Å². The number of hydrogen-bond donors (Lipinski definition) is 1. The van der Waals surface area contributed by atoms with Crippen molar-refractivity contribution in [3.63, 3.8) is 0 Å². The second kappa shape index (κ2) is 8.80. The molecule has 0 spiro atoms. The molecule has 26 heavy (non-hydrogen) atoms. The number of thioether (sulfide) groups is 1. The summed E-state index contributed by atoms with van der Waals surface area (Å²) >= 11 is 0.810. The molecule has 138 valence electrons. The minimum absolute atomic E-state index is 0.00874. The summed E-state index contributed by atoms with van der Waals surface area (Å²) in [6.45, 7) is 5.21. The Labute approximate surface area is 154 Å². The monoisotopic (exact) mass is 379 g/mol. The number of halogens is 2. The SMILES string of the molecule is Cc1ccc(C)c(NC(=O)[C@H](C)OC(=O)CSc2cc(F)ccc2F)c1. The fraction of sp³-hybridized carbons (Fsp3) is 0.263. The predicted molar refractivity (Wildman–Crippen MR) is 97.2 cm³/mol. The molecule has 4 nitrogen and oxygen atoms in total. The summed E-state index contributed by atoms with van der Waals surface area (Å²) in [5, 5.41) is 2.71. The van der Waals surface area contributed by atoms with Crippen molar-refractivity contribution >= 4 is 29.3 Å². The average molecular weight is 379 g/mol. The summed E-state index contributed by atoms with van der Waals surface area (Å²) < 4.78 is 31.7. The van der Waals surface area contributed by atoms with Crippen molar-refractivity contribution in [1.82, 2.24) is 0 Å². The van der Waals surface area contributed by atoms with Gasteiger partial charge < -0.3 is 10.1 Å². The van der Waals surface area contributed by atoms with E-state index in [2.05, 4.69) is 5.32 Å². The maximum Gasteiger partial charge on any atom is 0.317 e. The van der Waals surface area contributed by atoms with Crippen molar-refractivity contribution < 1.29 is 23.1 Å². The fourth-order valence-corrected chi connectivity index (χ4v) is 2.86. The normalized spacial score (nSPS) is 11.7. The summed E-state index contributed by atoms with van der Waals surface area (Å²) in [4.78, 5) is 24.1. The number of amides is 1. The van der Waals surface area contributed by atoms with Gasteiger partial charge in [-0.15, -0.1) is 11.8 Å². The third-order valence-corrected chi connectivity index (χ3v) is 4.57. The molecule has 0 aromatic heterocycles. The molecule has 1 amide bonds. The van der Waals surface area contributed by atoms with Crippen LogP contribution in [0, 0.1) is 25.5 Å². The maximum absolute atomic E-state index is 13.5. The molecule has 7 heteroatoms. The topological polar surface area (TPSA) is 55.4 Å². The Hall–Kier alpha value is -2.41. The molecule has 2 aromatic carbocycles. The van der Waals surface area contributed by atoms with Crippen LogP contribution in [0.3, 0.4) is 0 Å². The zero-order valence-electron chi connectivity index (χ0n) is 14.6. The largest absolute Gasteiger partial charge is 0.452 e. The first kappa shape index (κ1) is 19.9. The van der Waals surface area contributed by atoms with Crippen LogP contribution < -0.4 is 5.32 Å². The van der Waals surface area contributed by atoms with Crippen molar-refractivity contribution in [2.75, 3.05) is 11.1 Å². The summed E-state index contributed by atoms with van der Waals surface area (Å²) in [6.07, 6.45) is -1.01. The number of ether oxygens (including phenoxy) is 1. The molecule has 0 saturated heterocycles. The van der Waals surface area contributed by atoms with E-state index in [1.54, 1.807) is 0 Å². The van der Waals surface area contributed by atoms with E-state index in [1.807, 2.05) is 32.0 Å².